The molecule has 0 heterocycles. The lowest BCUT2D eigenvalue weighted by atomic mass is 9.96. The van der Waals surface area contributed by atoms with Gasteiger partial charge in [-0.05, 0) is 207 Å². The second-order valence-electron chi connectivity index (χ2n) is 21.4. The summed E-state index contributed by atoms with van der Waals surface area (Å²) in [5.74, 6) is 3.88. The zero-order valence-electron chi connectivity index (χ0n) is 48.3. The van der Waals surface area contributed by atoms with Crippen LogP contribution in [0.5, 0.6) is 28.7 Å². The summed E-state index contributed by atoms with van der Waals surface area (Å²) in [6, 6.07) is 39.9. The Kier molecular flexibility index (Phi) is 22.6. The molecular formula is C70H75N5O5. The summed E-state index contributed by atoms with van der Waals surface area (Å²) in [6.07, 6.45) is 13.4. The lowest BCUT2D eigenvalue weighted by molar-refractivity contribution is 0.256. The maximum Gasteiger partial charge on any atom is 0.120 e. The summed E-state index contributed by atoms with van der Waals surface area (Å²) in [5, 5.41) is 55.0. The van der Waals surface area contributed by atoms with Crippen LogP contribution in [0.15, 0.2) is 91.0 Å². The first kappa shape index (κ1) is 60.5. The molecule has 5 aromatic carbocycles. The molecule has 1 aliphatic rings. The van der Waals surface area contributed by atoms with Crippen molar-refractivity contribution in [3.63, 3.8) is 0 Å². The maximum absolute atomic E-state index is 11.0. The van der Waals surface area contributed by atoms with Crippen LogP contribution < -0.4 is 23.7 Å². The van der Waals surface area contributed by atoms with Gasteiger partial charge in [0.2, 0.25) is 0 Å². The summed E-state index contributed by atoms with van der Waals surface area (Å²) in [7, 11) is 0. The third-order valence-electron chi connectivity index (χ3n) is 14.5. The third-order valence-corrected chi connectivity index (χ3v) is 14.5. The second kappa shape index (κ2) is 29.8. The molecule has 80 heavy (non-hydrogen) atoms. The minimum absolute atomic E-state index is 0.251. The van der Waals surface area contributed by atoms with E-state index in [1.54, 1.807) is 30.4 Å². The van der Waals surface area contributed by atoms with Crippen LogP contribution in [0.2, 0.25) is 0 Å². The summed E-state index contributed by atoms with van der Waals surface area (Å²) >= 11 is 0. The summed E-state index contributed by atoms with van der Waals surface area (Å²) in [6.45, 7) is 23.3. The van der Waals surface area contributed by atoms with Crippen LogP contribution in [-0.4, -0.2) is 33.0 Å². The van der Waals surface area contributed by atoms with Gasteiger partial charge in [0.15, 0.2) is 0 Å². The monoisotopic (exact) mass is 1070 g/mol. The van der Waals surface area contributed by atoms with Crippen LogP contribution in [0.25, 0.3) is 58.2 Å². The molecule has 0 fully saturated rings. The van der Waals surface area contributed by atoms with E-state index in [1.807, 2.05) is 91.0 Å². The maximum atomic E-state index is 11.0. The number of hydrogen-bond donors (Lipinski definition) is 0. The van der Waals surface area contributed by atoms with Crippen molar-refractivity contribution in [2.45, 2.75) is 101 Å². The molecule has 0 aliphatic heterocycles. The van der Waals surface area contributed by atoms with E-state index in [4.69, 9.17) is 23.7 Å². The lowest BCUT2D eigenvalue weighted by Crippen LogP contribution is -2.07. The van der Waals surface area contributed by atoms with E-state index in [0.717, 1.165) is 32.1 Å². The molecule has 10 bridgehead atoms. The summed E-state index contributed by atoms with van der Waals surface area (Å²) in [5.41, 5.74) is 7.41. The lowest BCUT2D eigenvalue weighted by Gasteiger charge is -2.15. The molecule has 0 amide bonds. The topological polar surface area (TPSA) is 165 Å². The van der Waals surface area contributed by atoms with E-state index < -0.39 is 0 Å². The van der Waals surface area contributed by atoms with Gasteiger partial charge in [-0.25, -0.2) is 0 Å². The van der Waals surface area contributed by atoms with E-state index >= 15 is 0 Å². The van der Waals surface area contributed by atoms with Crippen LogP contribution >= 0.6 is 0 Å². The van der Waals surface area contributed by atoms with E-state index in [-0.39, 0.29) is 29.6 Å². The van der Waals surface area contributed by atoms with E-state index in [9.17, 15) is 26.3 Å². The van der Waals surface area contributed by atoms with Gasteiger partial charge in [-0.15, -0.1) is 0 Å². The minimum Gasteiger partial charge on any atom is -0.493 e. The first-order valence-electron chi connectivity index (χ1n) is 28.1. The average Bonchev–Trinajstić information content (AvgIpc) is 3.48. The predicted molar refractivity (Wildman–Crippen MR) is 324 cm³/mol. The van der Waals surface area contributed by atoms with Gasteiger partial charge >= 0.3 is 0 Å². The van der Waals surface area contributed by atoms with Crippen molar-refractivity contribution in [3.05, 3.63) is 147 Å². The Bertz CT molecular complexity index is 2860. The van der Waals surface area contributed by atoms with Gasteiger partial charge in [0.05, 0.1) is 91.2 Å². The zero-order chi connectivity index (χ0) is 57.7. The van der Waals surface area contributed by atoms with E-state index in [0.29, 0.717) is 145 Å². The van der Waals surface area contributed by atoms with Crippen molar-refractivity contribution in [2.75, 3.05) is 33.0 Å². The molecule has 5 unspecified atom stereocenters. The molecule has 5 atom stereocenters. The van der Waals surface area contributed by atoms with Gasteiger partial charge < -0.3 is 23.7 Å². The van der Waals surface area contributed by atoms with Gasteiger partial charge in [-0.3, -0.25) is 0 Å². The summed E-state index contributed by atoms with van der Waals surface area (Å²) < 4.78 is 32.1. The molecule has 0 saturated carbocycles. The van der Waals surface area contributed by atoms with Crippen molar-refractivity contribution in [1.29, 1.82) is 26.3 Å². The van der Waals surface area contributed by atoms with Gasteiger partial charge in [-0.1, -0.05) is 101 Å². The van der Waals surface area contributed by atoms with E-state index in [2.05, 4.69) is 99.6 Å². The van der Waals surface area contributed by atoms with Gasteiger partial charge in [-0.2, -0.15) is 26.3 Å². The summed E-state index contributed by atoms with van der Waals surface area (Å²) in [4.78, 5) is 0. The zero-order valence-corrected chi connectivity index (χ0v) is 48.3. The Labute approximate surface area is 475 Å². The molecular weight excluding hydrogens is 991 g/mol. The first-order chi connectivity index (χ1) is 38.6. The average molecular weight is 1070 g/mol. The molecule has 0 aromatic heterocycles. The van der Waals surface area contributed by atoms with Crippen LogP contribution in [0, 0.1) is 86.2 Å². The smallest absolute Gasteiger partial charge is 0.120 e. The number of nitrogens with zero attached hydrogens (tertiary/aromatic N) is 5. The van der Waals surface area contributed by atoms with Crippen LogP contribution in [0.3, 0.4) is 0 Å². The molecule has 0 radical (unpaired) electrons. The quantitative estimate of drug-likeness (QED) is 0.0732. The molecule has 410 valence electrons. The molecule has 6 rings (SSSR count). The molecule has 0 spiro atoms. The van der Waals surface area contributed by atoms with Crippen LogP contribution in [-0.2, 0) is 0 Å². The van der Waals surface area contributed by atoms with Gasteiger partial charge in [0.1, 0.15) is 28.7 Å². The SMILES string of the molecule is CCC(C)COc1cc2cc(c1)C(C#N)=Cc1cc(OCC(C)CC)cc(c1)C(C#N)=Cc1cc(OCC(C)CC)cc(c1)C(C#N)=Cc1cc(OCC(C)CC)cc(c1)C(C#N)=Cc1cc(OCC(C)CC)cc(c1)C(C#N)=C2. The number of hydrogen-bond acceptors (Lipinski definition) is 10. The number of nitriles is 5. The fourth-order valence-electron chi connectivity index (χ4n) is 8.24. The van der Waals surface area contributed by atoms with Crippen LogP contribution in [0.4, 0.5) is 0 Å². The number of allylic oxidation sites excluding steroid dienone is 5. The first-order valence-corrected chi connectivity index (χ1v) is 28.1. The second-order valence-corrected chi connectivity index (χ2v) is 21.4. The van der Waals surface area contributed by atoms with Crippen molar-refractivity contribution in [2.24, 2.45) is 29.6 Å². The standard InChI is InChI=1S/C70H75N5O5/c1-11-46(6)41-76-66-26-51-16-56(31-66)61(36-71)22-52-17-58(33-67(27-52)77-42-47(7)12-2)63(38-73)24-54-19-60(35-69(29-54)79-44-49(9)14-4)65(40-75)25-55-20-59(34-70(30-55)80-45-50(10)15-5)64(39-74)23-53-18-57(62(21-51)37-72)32-68(28-53)78-43-48(8)13-3/h16-35,46-50H,11-15,41-45H2,1-10H3. The normalized spacial score (nSPS) is 14.2. The molecule has 0 N–H and O–H groups in total. The van der Waals surface area contributed by atoms with Crippen molar-refractivity contribution < 1.29 is 23.7 Å². The largest absolute Gasteiger partial charge is 0.493 e. The Morgan fingerprint density at radius 2 is 0.438 bits per heavy atom. The molecule has 5 aromatic rings. The minimum atomic E-state index is 0.251. The van der Waals surface area contributed by atoms with Gasteiger partial charge in [0, 0.05) is 0 Å². The van der Waals surface area contributed by atoms with Crippen molar-refractivity contribution in [3.8, 4) is 59.1 Å². The molecule has 1 aliphatic carbocycles. The Balaban J connectivity index is 1.73. The number of benzene rings is 5. The Morgan fingerprint density at radius 1 is 0.275 bits per heavy atom. The predicted octanol–water partition coefficient (Wildman–Crippen LogP) is 17.4. The van der Waals surface area contributed by atoms with Crippen molar-refractivity contribution >= 4 is 58.2 Å². The Morgan fingerprint density at radius 3 is 0.575 bits per heavy atom. The highest BCUT2D eigenvalue weighted by Gasteiger charge is 2.17. The molecule has 10 nitrogen and oxygen atoms in total. The fourth-order valence-corrected chi connectivity index (χ4v) is 8.24. The number of ether oxygens (including phenoxy) is 5. The van der Waals surface area contributed by atoms with Crippen LogP contribution in [0.1, 0.15) is 157 Å². The Hall–Kier alpha value is -8.75. The highest BCUT2D eigenvalue weighted by atomic mass is 16.5. The highest BCUT2D eigenvalue weighted by molar-refractivity contribution is 5.98. The number of rotatable bonds is 20. The van der Waals surface area contributed by atoms with E-state index in [1.165, 1.54) is 0 Å². The molecule has 10 heteroatoms. The highest BCUT2D eigenvalue weighted by Crippen LogP contribution is 2.35. The number of fused-ring (bicyclic) bond motifs is 10. The van der Waals surface area contributed by atoms with Gasteiger partial charge in [0.25, 0.3) is 0 Å². The third kappa shape index (κ3) is 17.4. The fraction of sp³-hybridized carbons (Fsp3) is 0.357. The molecule has 0 saturated heterocycles. The van der Waals surface area contributed by atoms with Crippen molar-refractivity contribution in [1.82, 2.24) is 0 Å².